The van der Waals surface area contributed by atoms with E-state index in [1.165, 1.54) is 69.6 Å². The second-order valence-corrected chi connectivity index (χ2v) is 9.96. The summed E-state index contributed by atoms with van der Waals surface area (Å²) in [5.41, 5.74) is 2.01. The molecule has 4 heterocycles. The number of nitrogens with one attached hydrogen (secondary N) is 2. The van der Waals surface area contributed by atoms with E-state index in [9.17, 15) is 0 Å². The van der Waals surface area contributed by atoms with Crippen LogP contribution in [0.15, 0.2) is 17.5 Å². The molecule has 1 saturated carbocycles. The van der Waals surface area contributed by atoms with Crippen molar-refractivity contribution in [1.82, 2.24) is 19.2 Å². The van der Waals surface area contributed by atoms with E-state index in [4.69, 9.17) is 4.98 Å². The monoisotopic (exact) mass is 428 g/mol. The van der Waals surface area contributed by atoms with Crippen molar-refractivity contribution in [2.24, 2.45) is 0 Å². The molecule has 0 unspecified atom stereocenters. The summed E-state index contributed by atoms with van der Waals surface area (Å²) in [4.78, 5) is 12.3. The van der Waals surface area contributed by atoms with Gasteiger partial charge in [-0.2, -0.15) is 9.36 Å². The van der Waals surface area contributed by atoms with E-state index in [1.54, 1.807) is 11.3 Å². The molecule has 3 aromatic heterocycles. The number of thiophene rings is 1. The minimum Gasteiger partial charge on any atom is -0.366 e. The first-order chi connectivity index (χ1) is 14.2. The van der Waals surface area contributed by atoms with E-state index >= 15 is 0 Å². The fraction of sp³-hybridized carbons (Fsp3) is 0.571. The maximum absolute atomic E-state index is 4.83. The molecule has 0 bridgehead atoms. The third-order valence-electron chi connectivity index (χ3n) is 6.11. The zero-order valence-electron chi connectivity index (χ0n) is 16.9. The summed E-state index contributed by atoms with van der Waals surface area (Å²) in [6.07, 6.45) is 9.19. The highest BCUT2D eigenvalue weighted by Crippen LogP contribution is 2.32. The quantitative estimate of drug-likeness (QED) is 0.566. The summed E-state index contributed by atoms with van der Waals surface area (Å²) in [5, 5.41) is 10.2. The lowest BCUT2D eigenvalue weighted by Crippen LogP contribution is -2.43. The lowest BCUT2D eigenvalue weighted by molar-refractivity contribution is 0.127. The minimum absolute atomic E-state index is 0.495. The normalized spacial score (nSPS) is 23.3. The van der Waals surface area contributed by atoms with Crippen molar-refractivity contribution in [1.29, 1.82) is 0 Å². The highest BCUT2D eigenvalue weighted by molar-refractivity contribution is 7.17. The van der Waals surface area contributed by atoms with Crippen LogP contribution in [0, 0.1) is 6.92 Å². The van der Waals surface area contributed by atoms with Crippen molar-refractivity contribution in [3.8, 4) is 0 Å². The first-order valence-electron chi connectivity index (χ1n) is 10.7. The number of piperidine rings is 1. The SMILES string of the molecule is Cc1cc(Nc2nc(NC3CCC(N4CCCCC4)CC3)c3sccc3n2)sn1. The number of hydrogen-bond acceptors (Lipinski definition) is 8. The van der Waals surface area contributed by atoms with Gasteiger partial charge >= 0.3 is 0 Å². The largest absolute Gasteiger partial charge is 0.366 e. The van der Waals surface area contributed by atoms with Crippen LogP contribution >= 0.6 is 22.9 Å². The van der Waals surface area contributed by atoms with Crippen LogP contribution in [0.25, 0.3) is 10.2 Å². The van der Waals surface area contributed by atoms with Crippen molar-refractivity contribution < 1.29 is 0 Å². The Balaban J connectivity index is 1.28. The summed E-state index contributed by atoms with van der Waals surface area (Å²) < 4.78 is 5.48. The van der Waals surface area contributed by atoms with Crippen molar-refractivity contribution in [3.63, 3.8) is 0 Å². The molecule has 2 fully saturated rings. The van der Waals surface area contributed by atoms with Gasteiger partial charge in [0.25, 0.3) is 0 Å². The number of likely N-dealkylation sites (tertiary alicyclic amines) is 1. The molecule has 1 aliphatic carbocycles. The van der Waals surface area contributed by atoms with Gasteiger partial charge in [-0.05, 0) is 87.6 Å². The molecule has 0 aromatic carbocycles. The Morgan fingerprint density at radius 3 is 2.66 bits per heavy atom. The van der Waals surface area contributed by atoms with Gasteiger partial charge in [0, 0.05) is 12.1 Å². The maximum atomic E-state index is 4.83. The van der Waals surface area contributed by atoms with E-state index in [0.29, 0.717) is 12.0 Å². The van der Waals surface area contributed by atoms with Crippen molar-refractivity contribution in [2.45, 2.75) is 64.0 Å². The van der Waals surface area contributed by atoms with Crippen LogP contribution in [0.3, 0.4) is 0 Å². The Morgan fingerprint density at radius 2 is 1.90 bits per heavy atom. The summed E-state index contributed by atoms with van der Waals surface area (Å²) in [7, 11) is 0. The van der Waals surface area contributed by atoms with Gasteiger partial charge in [0.15, 0.2) is 0 Å². The molecule has 6 nitrogen and oxygen atoms in total. The van der Waals surface area contributed by atoms with Gasteiger partial charge in [0.05, 0.1) is 15.9 Å². The highest BCUT2D eigenvalue weighted by Gasteiger charge is 2.27. The molecule has 154 valence electrons. The number of aryl methyl sites for hydroxylation is 1. The molecule has 0 spiro atoms. The van der Waals surface area contributed by atoms with E-state index < -0.39 is 0 Å². The molecule has 2 N–H and O–H groups in total. The molecule has 0 radical (unpaired) electrons. The minimum atomic E-state index is 0.495. The molecular weight excluding hydrogens is 400 g/mol. The summed E-state index contributed by atoms with van der Waals surface area (Å²) >= 11 is 3.16. The average Bonchev–Trinajstić information content (AvgIpc) is 3.38. The second kappa shape index (κ2) is 8.53. The number of fused-ring (bicyclic) bond motifs is 1. The van der Waals surface area contributed by atoms with Crippen molar-refractivity contribution in [3.05, 3.63) is 23.2 Å². The lowest BCUT2D eigenvalue weighted by Gasteiger charge is -2.39. The molecular formula is C21H28N6S2. The topological polar surface area (TPSA) is 66.0 Å². The molecule has 0 atom stereocenters. The van der Waals surface area contributed by atoms with Gasteiger partial charge in [-0.1, -0.05) is 6.42 Å². The highest BCUT2D eigenvalue weighted by atomic mass is 32.1. The first kappa shape index (κ1) is 19.2. The van der Waals surface area contributed by atoms with E-state index in [0.717, 1.165) is 32.8 Å². The number of hydrogen-bond donors (Lipinski definition) is 2. The number of anilines is 3. The van der Waals surface area contributed by atoms with Crippen LogP contribution in [0.5, 0.6) is 0 Å². The zero-order chi connectivity index (χ0) is 19.6. The fourth-order valence-electron chi connectivity index (χ4n) is 4.61. The Bertz CT molecular complexity index is 953. The molecule has 1 aliphatic heterocycles. The second-order valence-electron chi connectivity index (χ2n) is 8.23. The predicted molar refractivity (Wildman–Crippen MR) is 123 cm³/mol. The molecule has 29 heavy (non-hydrogen) atoms. The summed E-state index contributed by atoms with van der Waals surface area (Å²) in [6.45, 7) is 4.60. The molecule has 2 aliphatic rings. The Morgan fingerprint density at radius 1 is 1.07 bits per heavy atom. The number of rotatable bonds is 5. The van der Waals surface area contributed by atoms with Gasteiger partial charge in [0.2, 0.25) is 5.95 Å². The van der Waals surface area contributed by atoms with Gasteiger partial charge in [-0.25, -0.2) is 4.98 Å². The summed E-state index contributed by atoms with van der Waals surface area (Å²) in [6, 6.07) is 5.38. The Hall–Kier alpha value is -1.77. The fourth-order valence-corrected chi connectivity index (χ4v) is 6.05. The Labute approximate surface area is 179 Å². The van der Waals surface area contributed by atoms with E-state index in [-0.39, 0.29) is 0 Å². The molecule has 8 heteroatoms. The number of nitrogens with zero attached hydrogens (tertiary/aromatic N) is 4. The third kappa shape index (κ3) is 4.39. The molecule has 0 amide bonds. The van der Waals surface area contributed by atoms with E-state index in [2.05, 4.69) is 36.3 Å². The molecule has 5 rings (SSSR count). The van der Waals surface area contributed by atoms with Gasteiger partial charge in [-0.15, -0.1) is 11.3 Å². The summed E-state index contributed by atoms with van der Waals surface area (Å²) in [5.74, 6) is 1.61. The van der Waals surface area contributed by atoms with Crippen LogP contribution in [-0.2, 0) is 0 Å². The zero-order valence-corrected chi connectivity index (χ0v) is 18.5. The standard InChI is InChI=1S/C21H28N6S2/c1-14-13-18(29-26-14)24-21-23-17-9-12-28-19(17)20(25-21)22-15-5-7-16(8-6-15)27-10-3-2-4-11-27/h9,12-13,15-16H,2-8,10-11H2,1H3,(H2,22,23,24,25). The van der Waals surface area contributed by atoms with Gasteiger partial charge in [-0.3, -0.25) is 0 Å². The van der Waals surface area contributed by atoms with Crippen LogP contribution in [0.2, 0.25) is 0 Å². The smallest absolute Gasteiger partial charge is 0.230 e. The molecule has 1 saturated heterocycles. The van der Waals surface area contributed by atoms with Crippen LogP contribution in [0.1, 0.15) is 50.6 Å². The van der Waals surface area contributed by atoms with Crippen molar-refractivity contribution in [2.75, 3.05) is 23.7 Å². The maximum Gasteiger partial charge on any atom is 0.230 e. The van der Waals surface area contributed by atoms with Gasteiger partial charge < -0.3 is 15.5 Å². The van der Waals surface area contributed by atoms with Crippen LogP contribution in [0.4, 0.5) is 16.8 Å². The van der Waals surface area contributed by atoms with Crippen molar-refractivity contribution >= 4 is 49.9 Å². The van der Waals surface area contributed by atoms with E-state index in [1.807, 2.05) is 13.0 Å². The Kier molecular flexibility index (Phi) is 5.65. The number of aromatic nitrogens is 3. The third-order valence-corrected chi connectivity index (χ3v) is 7.82. The van der Waals surface area contributed by atoms with Crippen LogP contribution < -0.4 is 10.6 Å². The van der Waals surface area contributed by atoms with Gasteiger partial charge in [0.1, 0.15) is 10.8 Å². The molecule has 3 aromatic rings. The lowest BCUT2D eigenvalue weighted by atomic mass is 9.89. The average molecular weight is 429 g/mol. The first-order valence-corrected chi connectivity index (χ1v) is 12.4. The predicted octanol–water partition coefficient (Wildman–Crippen LogP) is 5.41. The van der Waals surface area contributed by atoms with Crippen LogP contribution in [-0.4, -0.2) is 44.4 Å².